The number of carbonyl (C=O) groups is 2. The predicted molar refractivity (Wildman–Crippen MR) is 128 cm³/mol. The quantitative estimate of drug-likeness (QED) is 0.325. The molecule has 3 N–H and O–H groups in total. The van der Waals surface area contributed by atoms with Crippen LogP contribution in [0.1, 0.15) is 40.9 Å². The lowest BCUT2D eigenvalue weighted by Crippen LogP contribution is -2.33. The molecule has 164 valence electrons. The minimum absolute atomic E-state index is 0.0326. The van der Waals surface area contributed by atoms with Gasteiger partial charge in [-0.3, -0.25) is 9.59 Å². The van der Waals surface area contributed by atoms with Gasteiger partial charge in [0.15, 0.2) is 5.78 Å². The average Bonchev–Trinajstić information content (AvgIpc) is 2.83. The summed E-state index contributed by atoms with van der Waals surface area (Å²) in [6.07, 6.45) is 2.85. The third-order valence-electron chi connectivity index (χ3n) is 5.11. The van der Waals surface area contributed by atoms with Gasteiger partial charge in [0, 0.05) is 36.3 Å². The van der Waals surface area contributed by atoms with Crippen molar-refractivity contribution in [1.29, 1.82) is 0 Å². The Balaban J connectivity index is 1.49. The van der Waals surface area contributed by atoms with E-state index in [4.69, 9.17) is 0 Å². The summed E-state index contributed by atoms with van der Waals surface area (Å²) in [5.74, 6) is -0.293. The Labute approximate surface area is 188 Å². The van der Waals surface area contributed by atoms with Crippen molar-refractivity contribution < 1.29 is 14.7 Å². The largest absolute Gasteiger partial charge is 0.387 e. The number of Topliss-reactive ketones (excluding diaryl/α,β-unsaturated/α-hetero) is 1. The van der Waals surface area contributed by atoms with E-state index < -0.39 is 6.10 Å². The van der Waals surface area contributed by atoms with Crippen LogP contribution < -0.4 is 10.6 Å². The van der Waals surface area contributed by atoms with Crippen LogP contribution in [0, 0.1) is 0 Å². The minimum Gasteiger partial charge on any atom is -0.387 e. The van der Waals surface area contributed by atoms with E-state index in [2.05, 4.69) is 10.6 Å². The maximum atomic E-state index is 12.6. The van der Waals surface area contributed by atoms with Crippen molar-refractivity contribution in [2.45, 2.75) is 25.5 Å². The molecule has 3 aromatic carbocycles. The average molecular weight is 429 g/mol. The molecule has 5 heteroatoms. The van der Waals surface area contributed by atoms with Gasteiger partial charge >= 0.3 is 0 Å². The zero-order valence-electron chi connectivity index (χ0n) is 18.1. The molecule has 2 atom stereocenters. The molecule has 0 radical (unpaired) electrons. The number of carbonyl (C=O) groups excluding carboxylic acids is 2. The molecule has 3 rings (SSSR count). The second-order valence-electron chi connectivity index (χ2n) is 7.59. The fraction of sp³-hybridized carbons (Fsp3) is 0.185. The van der Waals surface area contributed by atoms with Gasteiger partial charge in [0.25, 0.3) is 0 Å². The van der Waals surface area contributed by atoms with Crippen LogP contribution in [-0.2, 0) is 4.79 Å². The smallest absolute Gasteiger partial charge is 0.248 e. The number of hydrogen-bond acceptors (Lipinski definition) is 4. The van der Waals surface area contributed by atoms with Crippen LogP contribution in [0.25, 0.3) is 6.08 Å². The zero-order chi connectivity index (χ0) is 22.8. The molecule has 0 heterocycles. The molecule has 1 amide bonds. The number of amides is 1. The number of aliphatic hydroxyl groups excluding tert-OH is 1. The highest BCUT2D eigenvalue weighted by atomic mass is 16.3. The van der Waals surface area contributed by atoms with Crippen molar-refractivity contribution in [3.05, 3.63) is 108 Å². The first-order valence-corrected chi connectivity index (χ1v) is 10.7. The summed E-state index contributed by atoms with van der Waals surface area (Å²) in [4.78, 5) is 24.8. The lowest BCUT2D eigenvalue weighted by Gasteiger charge is -2.20. The number of anilines is 1. The highest BCUT2D eigenvalue weighted by Gasteiger charge is 2.16. The van der Waals surface area contributed by atoms with E-state index in [1.807, 2.05) is 67.6 Å². The molecular formula is C27H28N2O3. The lowest BCUT2D eigenvalue weighted by molar-refractivity contribution is -0.111. The second-order valence-corrected chi connectivity index (χ2v) is 7.59. The highest BCUT2D eigenvalue weighted by Crippen LogP contribution is 2.16. The maximum Gasteiger partial charge on any atom is 0.248 e. The third-order valence-corrected chi connectivity index (χ3v) is 5.11. The number of ketones is 1. The summed E-state index contributed by atoms with van der Waals surface area (Å²) in [6.45, 7) is 2.33. The van der Waals surface area contributed by atoms with E-state index in [0.29, 0.717) is 17.8 Å². The van der Waals surface area contributed by atoms with Crippen LogP contribution in [0.5, 0.6) is 0 Å². The van der Waals surface area contributed by atoms with E-state index in [0.717, 1.165) is 11.1 Å². The van der Waals surface area contributed by atoms with Crippen LogP contribution in [0.4, 0.5) is 5.69 Å². The summed E-state index contributed by atoms with van der Waals surface area (Å²) >= 11 is 0. The SMILES string of the molecule is CC(NCCC(=O)c1cccc(NC(=O)/C=C/c2ccccc2)c1)C(O)c1ccccc1. The monoisotopic (exact) mass is 428 g/mol. The van der Waals surface area contributed by atoms with E-state index in [9.17, 15) is 14.7 Å². The number of hydrogen-bond donors (Lipinski definition) is 3. The standard InChI is InChI=1S/C27H28N2O3/c1-20(27(32)22-11-6-3-7-12-22)28-18-17-25(30)23-13-8-14-24(19-23)29-26(31)16-15-21-9-4-2-5-10-21/h2-16,19-20,27-28,32H,17-18H2,1H3,(H,29,31)/b16-15+. The van der Waals surface area contributed by atoms with Crippen molar-refractivity contribution in [2.24, 2.45) is 0 Å². The van der Waals surface area contributed by atoms with Gasteiger partial charge in [0.1, 0.15) is 0 Å². The summed E-state index contributed by atoms with van der Waals surface area (Å²) < 4.78 is 0. The number of nitrogens with one attached hydrogen (secondary N) is 2. The van der Waals surface area contributed by atoms with Crippen LogP contribution >= 0.6 is 0 Å². The minimum atomic E-state index is -0.645. The molecule has 5 nitrogen and oxygen atoms in total. The van der Waals surface area contributed by atoms with Gasteiger partial charge in [0.05, 0.1) is 6.10 Å². The van der Waals surface area contributed by atoms with Gasteiger partial charge in [0.2, 0.25) is 5.91 Å². The molecule has 0 aliphatic rings. The van der Waals surface area contributed by atoms with Crippen molar-refractivity contribution in [3.63, 3.8) is 0 Å². The Morgan fingerprint density at radius 3 is 2.34 bits per heavy atom. The van der Waals surface area contributed by atoms with Gasteiger partial charge < -0.3 is 15.7 Å². The van der Waals surface area contributed by atoms with Crippen molar-refractivity contribution in [3.8, 4) is 0 Å². The molecule has 0 spiro atoms. The van der Waals surface area contributed by atoms with Crippen LogP contribution in [0.15, 0.2) is 91.0 Å². The number of rotatable bonds is 10. The zero-order valence-corrected chi connectivity index (χ0v) is 18.1. The van der Waals surface area contributed by atoms with Crippen molar-refractivity contribution in [2.75, 3.05) is 11.9 Å². The Hall–Kier alpha value is -3.54. The van der Waals surface area contributed by atoms with Crippen LogP contribution in [-0.4, -0.2) is 29.4 Å². The van der Waals surface area contributed by atoms with Gasteiger partial charge in [-0.1, -0.05) is 72.8 Å². The Morgan fingerprint density at radius 2 is 1.62 bits per heavy atom. The molecule has 0 bridgehead atoms. The Morgan fingerprint density at radius 1 is 0.938 bits per heavy atom. The summed E-state index contributed by atoms with van der Waals surface area (Å²) in [7, 11) is 0. The fourth-order valence-corrected chi connectivity index (χ4v) is 3.30. The molecule has 0 fully saturated rings. The topological polar surface area (TPSA) is 78.4 Å². The first kappa shape index (κ1) is 23.1. The molecule has 0 saturated carbocycles. The number of aliphatic hydroxyl groups is 1. The van der Waals surface area contributed by atoms with E-state index in [-0.39, 0.29) is 24.2 Å². The first-order valence-electron chi connectivity index (χ1n) is 10.7. The predicted octanol–water partition coefficient (Wildman–Crippen LogP) is 4.62. The summed E-state index contributed by atoms with van der Waals surface area (Å²) in [6, 6.07) is 25.7. The van der Waals surface area contributed by atoms with Gasteiger partial charge in [-0.05, 0) is 36.3 Å². The molecule has 32 heavy (non-hydrogen) atoms. The lowest BCUT2D eigenvalue weighted by atomic mass is 10.0. The molecule has 2 unspecified atom stereocenters. The Bertz CT molecular complexity index is 1050. The summed E-state index contributed by atoms with van der Waals surface area (Å²) in [5.41, 5.74) is 2.88. The second kappa shape index (κ2) is 11.7. The first-order chi connectivity index (χ1) is 15.5. The molecule has 3 aromatic rings. The highest BCUT2D eigenvalue weighted by molar-refractivity contribution is 6.03. The molecule has 0 aliphatic heterocycles. The van der Waals surface area contributed by atoms with Gasteiger partial charge in [-0.25, -0.2) is 0 Å². The fourth-order valence-electron chi connectivity index (χ4n) is 3.30. The van der Waals surface area contributed by atoms with E-state index in [1.165, 1.54) is 6.08 Å². The van der Waals surface area contributed by atoms with Crippen LogP contribution in [0.2, 0.25) is 0 Å². The van der Waals surface area contributed by atoms with Crippen molar-refractivity contribution in [1.82, 2.24) is 5.32 Å². The maximum absolute atomic E-state index is 12.6. The van der Waals surface area contributed by atoms with Gasteiger partial charge in [-0.2, -0.15) is 0 Å². The normalized spacial score (nSPS) is 12.9. The molecular weight excluding hydrogens is 400 g/mol. The molecule has 0 aromatic heterocycles. The third kappa shape index (κ3) is 7.01. The van der Waals surface area contributed by atoms with Gasteiger partial charge in [-0.15, -0.1) is 0 Å². The summed E-state index contributed by atoms with van der Waals surface area (Å²) in [5, 5.41) is 16.4. The molecule has 0 saturated heterocycles. The van der Waals surface area contributed by atoms with E-state index >= 15 is 0 Å². The Kier molecular flexibility index (Phi) is 8.49. The van der Waals surface area contributed by atoms with Crippen LogP contribution in [0.3, 0.4) is 0 Å². The van der Waals surface area contributed by atoms with Crippen molar-refractivity contribution >= 4 is 23.5 Å². The molecule has 0 aliphatic carbocycles. The number of benzene rings is 3. The van der Waals surface area contributed by atoms with E-state index in [1.54, 1.807) is 30.3 Å².